The average Bonchev–Trinajstić information content (AvgIpc) is 3.52. The van der Waals surface area contributed by atoms with Gasteiger partial charge >= 0.3 is 0 Å². The van der Waals surface area contributed by atoms with E-state index in [2.05, 4.69) is 10.6 Å². The molecule has 3 rings (SSSR count). The Bertz CT molecular complexity index is 923. The summed E-state index contributed by atoms with van der Waals surface area (Å²) in [7, 11) is 4.50. The van der Waals surface area contributed by atoms with Crippen LogP contribution in [0.1, 0.15) is 38.2 Å². The molecule has 2 saturated heterocycles. The summed E-state index contributed by atoms with van der Waals surface area (Å²) in [4.78, 5) is 40.9. The number of methoxy groups -OCH3 is 3. The number of aliphatic hydroxyl groups is 1. The number of hydrogen-bond donors (Lipinski definition) is 4. The zero-order valence-electron chi connectivity index (χ0n) is 20.8. The number of nitrogens with zero attached hydrogens (tertiary/aromatic N) is 1. The fraction of sp³-hybridized carbons (Fsp3) is 0.625. The summed E-state index contributed by atoms with van der Waals surface area (Å²) in [5, 5.41) is 15.9. The van der Waals surface area contributed by atoms with E-state index in [1.54, 1.807) is 17.0 Å². The molecule has 1 aromatic carbocycles. The fourth-order valence-electron chi connectivity index (χ4n) is 5.06. The third-order valence-corrected chi connectivity index (χ3v) is 6.83. The highest BCUT2D eigenvalue weighted by Gasteiger charge is 2.52. The molecular formula is C24H36N4O7. The lowest BCUT2D eigenvalue weighted by atomic mass is 9.85. The first-order valence-corrected chi connectivity index (χ1v) is 11.8. The molecule has 1 unspecified atom stereocenters. The van der Waals surface area contributed by atoms with Crippen LogP contribution in [0, 0.1) is 0 Å². The number of ether oxygens (including phenoxy) is 3. The van der Waals surface area contributed by atoms with Crippen LogP contribution in [0.25, 0.3) is 0 Å². The number of primary amides is 1. The molecule has 11 heteroatoms. The minimum absolute atomic E-state index is 0.138. The van der Waals surface area contributed by atoms with Gasteiger partial charge in [0, 0.05) is 13.0 Å². The third-order valence-electron chi connectivity index (χ3n) is 6.83. The molecule has 3 amide bonds. The lowest BCUT2D eigenvalue weighted by Crippen LogP contribution is -2.64. The Morgan fingerprint density at radius 2 is 1.86 bits per heavy atom. The zero-order chi connectivity index (χ0) is 25.8. The summed E-state index contributed by atoms with van der Waals surface area (Å²) in [6, 6.07) is 1.82. The maximum absolute atomic E-state index is 13.8. The lowest BCUT2D eigenvalue weighted by molar-refractivity contribution is -0.147. The van der Waals surface area contributed by atoms with Gasteiger partial charge in [-0.25, -0.2) is 0 Å². The van der Waals surface area contributed by atoms with Gasteiger partial charge in [-0.05, 0) is 56.8 Å². The molecule has 2 fully saturated rings. The van der Waals surface area contributed by atoms with Crippen LogP contribution < -0.4 is 30.6 Å². The number of amides is 3. The zero-order valence-corrected chi connectivity index (χ0v) is 20.8. The largest absolute Gasteiger partial charge is 0.493 e. The highest BCUT2D eigenvalue weighted by atomic mass is 16.5. The summed E-state index contributed by atoms with van der Waals surface area (Å²) >= 11 is 0. The predicted octanol–water partition coefficient (Wildman–Crippen LogP) is -0.281. The van der Waals surface area contributed by atoms with E-state index in [0.717, 1.165) is 13.0 Å². The van der Waals surface area contributed by atoms with Crippen molar-refractivity contribution in [2.24, 2.45) is 5.73 Å². The van der Waals surface area contributed by atoms with E-state index in [1.165, 1.54) is 28.3 Å². The van der Waals surface area contributed by atoms with Crippen LogP contribution in [-0.4, -0.2) is 85.9 Å². The van der Waals surface area contributed by atoms with Crippen molar-refractivity contribution < 1.29 is 33.7 Å². The molecule has 0 radical (unpaired) electrons. The molecule has 2 aliphatic rings. The Hall–Kier alpha value is -3.05. The molecule has 35 heavy (non-hydrogen) atoms. The summed E-state index contributed by atoms with van der Waals surface area (Å²) in [6.07, 6.45) is 1.48. The summed E-state index contributed by atoms with van der Waals surface area (Å²) in [5.74, 6) is -0.302. The maximum atomic E-state index is 13.8. The average molecular weight is 493 g/mol. The molecule has 0 spiro atoms. The molecule has 2 aliphatic heterocycles. The monoisotopic (exact) mass is 492 g/mol. The van der Waals surface area contributed by atoms with Crippen molar-refractivity contribution in [1.82, 2.24) is 15.5 Å². The number of benzene rings is 1. The highest BCUT2D eigenvalue weighted by molar-refractivity contribution is 5.96. The van der Waals surface area contributed by atoms with Gasteiger partial charge < -0.3 is 40.6 Å². The van der Waals surface area contributed by atoms with Crippen LogP contribution in [-0.2, 0) is 20.8 Å². The summed E-state index contributed by atoms with van der Waals surface area (Å²) in [6.45, 7) is 2.51. The van der Waals surface area contributed by atoms with Crippen molar-refractivity contribution in [2.45, 2.75) is 62.8 Å². The van der Waals surface area contributed by atoms with Gasteiger partial charge in [0.05, 0.1) is 33.5 Å². The summed E-state index contributed by atoms with van der Waals surface area (Å²) < 4.78 is 16.3. The van der Waals surface area contributed by atoms with Crippen molar-refractivity contribution >= 4 is 17.7 Å². The van der Waals surface area contributed by atoms with Crippen molar-refractivity contribution in [2.75, 3.05) is 34.4 Å². The van der Waals surface area contributed by atoms with E-state index in [0.29, 0.717) is 48.6 Å². The van der Waals surface area contributed by atoms with Crippen LogP contribution in [0.4, 0.5) is 0 Å². The molecule has 0 saturated carbocycles. The SMILES string of the molecule is COc1cc(CC2(C(=O)N[C@H](C(N)=O)[C@@H](C)O)CCCN2C(=O)[C@@H]2CCCN2)cc(OC)c1OC. The van der Waals surface area contributed by atoms with Crippen molar-refractivity contribution in [3.8, 4) is 17.2 Å². The number of nitrogens with one attached hydrogen (secondary N) is 2. The summed E-state index contributed by atoms with van der Waals surface area (Å²) in [5.41, 5.74) is 4.82. The number of nitrogens with two attached hydrogens (primary N) is 1. The number of hydrogen-bond acceptors (Lipinski definition) is 8. The Kier molecular flexibility index (Phi) is 8.44. The maximum Gasteiger partial charge on any atom is 0.247 e. The Balaban J connectivity index is 2.05. The van der Waals surface area contributed by atoms with E-state index >= 15 is 0 Å². The number of rotatable bonds is 10. The van der Waals surface area contributed by atoms with Gasteiger partial charge in [0.15, 0.2) is 11.5 Å². The van der Waals surface area contributed by atoms with Crippen LogP contribution in [0.2, 0.25) is 0 Å². The van der Waals surface area contributed by atoms with E-state index in [9.17, 15) is 19.5 Å². The molecule has 1 aromatic rings. The first-order valence-electron chi connectivity index (χ1n) is 11.8. The van der Waals surface area contributed by atoms with Gasteiger partial charge in [-0.1, -0.05) is 0 Å². The molecule has 4 atom stereocenters. The molecule has 0 aliphatic carbocycles. The van der Waals surface area contributed by atoms with E-state index < -0.39 is 29.5 Å². The first-order chi connectivity index (χ1) is 16.7. The van der Waals surface area contributed by atoms with Gasteiger partial charge in [-0.2, -0.15) is 0 Å². The second-order valence-corrected chi connectivity index (χ2v) is 9.08. The van der Waals surface area contributed by atoms with Crippen molar-refractivity contribution in [3.05, 3.63) is 17.7 Å². The van der Waals surface area contributed by atoms with Crippen molar-refractivity contribution in [3.63, 3.8) is 0 Å². The molecule has 5 N–H and O–H groups in total. The smallest absolute Gasteiger partial charge is 0.247 e. The Labute approximate surface area is 205 Å². The van der Waals surface area contributed by atoms with Gasteiger partial charge in [0.25, 0.3) is 0 Å². The highest BCUT2D eigenvalue weighted by Crippen LogP contribution is 2.41. The van der Waals surface area contributed by atoms with Crippen LogP contribution >= 0.6 is 0 Å². The quantitative estimate of drug-likeness (QED) is 0.348. The second-order valence-electron chi connectivity index (χ2n) is 9.08. The number of likely N-dealkylation sites (tertiary alicyclic amines) is 1. The van der Waals surface area contributed by atoms with E-state index in [1.807, 2.05) is 0 Å². The minimum Gasteiger partial charge on any atom is -0.493 e. The molecular weight excluding hydrogens is 456 g/mol. The third kappa shape index (κ3) is 5.30. The Morgan fingerprint density at radius 1 is 1.20 bits per heavy atom. The molecule has 0 bridgehead atoms. The van der Waals surface area contributed by atoms with Gasteiger partial charge in [-0.3, -0.25) is 14.4 Å². The van der Waals surface area contributed by atoms with Gasteiger partial charge in [-0.15, -0.1) is 0 Å². The van der Waals surface area contributed by atoms with Crippen LogP contribution in [0.3, 0.4) is 0 Å². The van der Waals surface area contributed by atoms with Crippen LogP contribution in [0.15, 0.2) is 12.1 Å². The number of aliphatic hydroxyl groups excluding tert-OH is 1. The minimum atomic E-state index is -1.30. The van der Waals surface area contributed by atoms with E-state index in [4.69, 9.17) is 19.9 Å². The van der Waals surface area contributed by atoms with Gasteiger partial charge in [0.2, 0.25) is 23.5 Å². The topological polar surface area (TPSA) is 152 Å². The van der Waals surface area contributed by atoms with Crippen molar-refractivity contribution in [1.29, 1.82) is 0 Å². The van der Waals surface area contributed by atoms with E-state index in [-0.39, 0.29) is 18.4 Å². The number of carbonyl (C=O) groups is 3. The van der Waals surface area contributed by atoms with Gasteiger partial charge in [0.1, 0.15) is 11.6 Å². The molecule has 2 heterocycles. The Morgan fingerprint density at radius 3 is 2.34 bits per heavy atom. The fourth-order valence-corrected chi connectivity index (χ4v) is 5.06. The van der Waals surface area contributed by atoms with Crippen LogP contribution in [0.5, 0.6) is 17.2 Å². The first kappa shape index (κ1) is 26.6. The number of carbonyl (C=O) groups excluding carboxylic acids is 3. The molecule has 194 valence electrons. The second kappa shape index (κ2) is 11.1. The normalized spacial score (nSPS) is 23.5. The predicted molar refractivity (Wildman–Crippen MR) is 127 cm³/mol. The lowest BCUT2D eigenvalue weighted by Gasteiger charge is -2.39. The standard InChI is InChI=1S/C24H36N4O7/c1-14(29)19(21(25)30)27-23(32)24(8-6-10-28(24)22(31)16-7-5-9-26-16)13-15-11-17(33-2)20(35-4)18(12-15)34-3/h11-12,14,16,19,26,29H,5-10,13H2,1-4H3,(H2,25,30)(H,27,32)/t14-,16+,19+,24?/m1/s1. The molecule has 0 aromatic heterocycles. The molecule has 11 nitrogen and oxygen atoms in total.